The van der Waals surface area contributed by atoms with E-state index in [1.807, 2.05) is 24.3 Å². The standard InChI is InChI=1S/C16H19ClN2O2/c1-3-4-9-19-16(20)13(11-17)10-15(18-19)12-5-7-14(21-2)8-6-12/h5-8,10H,3-4,9,11H2,1-2H3. The molecule has 0 N–H and O–H groups in total. The fourth-order valence-electron chi connectivity index (χ4n) is 2.05. The lowest BCUT2D eigenvalue weighted by Gasteiger charge is -2.09. The lowest BCUT2D eigenvalue weighted by atomic mass is 10.1. The first-order chi connectivity index (χ1) is 10.2. The molecule has 0 saturated heterocycles. The van der Waals surface area contributed by atoms with Gasteiger partial charge >= 0.3 is 0 Å². The van der Waals surface area contributed by atoms with Crippen LogP contribution in [0.5, 0.6) is 5.75 Å². The van der Waals surface area contributed by atoms with Gasteiger partial charge in [-0.3, -0.25) is 4.79 Å². The van der Waals surface area contributed by atoms with E-state index in [1.54, 1.807) is 13.2 Å². The third-order valence-electron chi connectivity index (χ3n) is 3.30. The van der Waals surface area contributed by atoms with Crippen LogP contribution in [0.25, 0.3) is 11.3 Å². The van der Waals surface area contributed by atoms with Gasteiger partial charge in [-0.1, -0.05) is 13.3 Å². The lowest BCUT2D eigenvalue weighted by Crippen LogP contribution is -2.26. The molecule has 0 aliphatic carbocycles. The Labute approximate surface area is 129 Å². The Morgan fingerprint density at radius 3 is 2.57 bits per heavy atom. The van der Waals surface area contributed by atoms with Gasteiger partial charge in [0.25, 0.3) is 5.56 Å². The summed E-state index contributed by atoms with van der Waals surface area (Å²) >= 11 is 5.88. The number of aryl methyl sites for hydroxylation is 1. The summed E-state index contributed by atoms with van der Waals surface area (Å²) in [5.74, 6) is 0.979. The molecule has 0 radical (unpaired) electrons. The fraction of sp³-hybridized carbons (Fsp3) is 0.375. The van der Waals surface area contributed by atoms with Crippen molar-refractivity contribution in [2.75, 3.05) is 7.11 Å². The maximum atomic E-state index is 12.2. The van der Waals surface area contributed by atoms with Crippen molar-refractivity contribution in [2.24, 2.45) is 0 Å². The highest BCUT2D eigenvalue weighted by Crippen LogP contribution is 2.20. The normalized spacial score (nSPS) is 10.6. The number of unbranched alkanes of at least 4 members (excludes halogenated alkanes) is 1. The minimum absolute atomic E-state index is 0.101. The Balaban J connectivity index is 2.44. The van der Waals surface area contributed by atoms with Crippen LogP contribution < -0.4 is 10.3 Å². The van der Waals surface area contributed by atoms with Crippen LogP contribution in [0.2, 0.25) is 0 Å². The van der Waals surface area contributed by atoms with Gasteiger partial charge in [-0.2, -0.15) is 5.10 Å². The van der Waals surface area contributed by atoms with Crippen LogP contribution >= 0.6 is 11.6 Å². The van der Waals surface area contributed by atoms with E-state index in [0.717, 1.165) is 29.8 Å². The summed E-state index contributed by atoms with van der Waals surface area (Å²) in [6.45, 7) is 2.70. The predicted molar refractivity (Wildman–Crippen MR) is 85.0 cm³/mol. The number of halogens is 1. The average molecular weight is 307 g/mol. The van der Waals surface area contributed by atoms with E-state index in [0.29, 0.717) is 12.1 Å². The highest BCUT2D eigenvalue weighted by molar-refractivity contribution is 6.17. The molecule has 0 atom stereocenters. The first kappa shape index (κ1) is 15.6. The molecule has 0 aliphatic heterocycles. The summed E-state index contributed by atoms with van der Waals surface area (Å²) in [5, 5.41) is 4.45. The maximum absolute atomic E-state index is 12.2. The monoisotopic (exact) mass is 306 g/mol. The van der Waals surface area contributed by atoms with Gasteiger partial charge in [0.15, 0.2) is 0 Å². The number of aromatic nitrogens is 2. The number of alkyl halides is 1. The van der Waals surface area contributed by atoms with Gasteiger partial charge in [-0.25, -0.2) is 4.68 Å². The Kier molecular flexibility index (Phi) is 5.39. The molecule has 1 aromatic carbocycles. The largest absolute Gasteiger partial charge is 0.497 e. The average Bonchev–Trinajstić information content (AvgIpc) is 2.54. The molecule has 4 nitrogen and oxygen atoms in total. The van der Waals surface area contributed by atoms with Crippen LogP contribution in [0.3, 0.4) is 0 Å². The van der Waals surface area contributed by atoms with Crippen LogP contribution in [0.4, 0.5) is 0 Å². The molecule has 0 fully saturated rings. The van der Waals surface area contributed by atoms with E-state index in [1.165, 1.54) is 4.68 Å². The van der Waals surface area contributed by atoms with Crippen molar-refractivity contribution in [1.29, 1.82) is 0 Å². The van der Waals surface area contributed by atoms with Crippen LogP contribution in [-0.2, 0) is 12.4 Å². The third-order valence-corrected chi connectivity index (χ3v) is 3.59. The number of hydrogen-bond donors (Lipinski definition) is 0. The molecule has 0 aliphatic rings. The fourth-order valence-corrected chi connectivity index (χ4v) is 2.25. The van der Waals surface area contributed by atoms with Gasteiger partial charge in [-0.05, 0) is 36.8 Å². The number of hydrogen-bond acceptors (Lipinski definition) is 3. The van der Waals surface area contributed by atoms with Crippen molar-refractivity contribution in [3.8, 4) is 17.0 Å². The highest BCUT2D eigenvalue weighted by Gasteiger charge is 2.09. The topological polar surface area (TPSA) is 44.1 Å². The second-order valence-electron chi connectivity index (χ2n) is 4.80. The van der Waals surface area contributed by atoms with E-state index >= 15 is 0 Å². The van der Waals surface area contributed by atoms with Crippen LogP contribution in [0.1, 0.15) is 25.3 Å². The van der Waals surface area contributed by atoms with Crippen molar-refractivity contribution in [1.82, 2.24) is 9.78 Å². The molecule has 1 aromatic heterocycles. The first-order valence-electron chi connectivity index (χ1n) is 7.01. The smallest absolute Gasteiger partial charge is 0.271 e. The van der Waals surface area contributed by atoms with Crippen LogP contribution in [0.15, 0.2) is 35.1 Å². The molecule has 0 spiro atoms. The molecule has 21 heavy (non-hydrogen) atoms. The van der Waals surface area contributed by atoms with Gasteiger partial charge in [0.05, 0.1) is 18.7 Å². The zero-order valence-electron chi connectivity index (χ0n) is 12.3. The van der Waals surface area contributed by atoms with Crippen molar-refractivity contribution < 1.29 is 4.74 Å². The predicted octanol–water partition coefficient (Wildman–Crippen LogP) is 3.46. The molecule has 0 saturated carbocycles. The minimum Gasteiger partial charge on any atom is -0.497 e. The summed E-state index contributed by atoms with van der Waals surface area (Å²) in [7, 11) is 1.63. The van der Waals surface area contributed by atoms with Gasteiger partial charge in [-0.15, -0.1) is 11.6 Å². The van der Waals surface area contributed by atoms with E-state index < -0.39 is 0 Å². The lowest BCUT2D eigenvalue weighted by molar-refractivity contribution is 0.415. The summed E-state index contributed by atoms with van der Waals surface area (Å²) in [6, 6.07) is 9.36. The zero-order valence-corrected chi connectivity index (χ0v) is 13.1. The minimum atomic E-state index is -0.101. The van der Waals surface area contributed by atoms with Gasteiger partial charge < -0.3 is 4.74 Å². The number of nitrogens with zero attached hydrogens (tertiary/aromatic N) is 2. The van der Waals surface area contributed by atoms with Gasteiger partial charge in [0.1, 0.15) is 5.75 Å². The Hall–Kier alpha value is -1.81. The Morgan fingerprint density at radius 1 is 1.29 bits per heavy atom. The molecular weight excluding hydrogens is 288 g/mol. The number of rotatable bonds is 6. The zero-order chi connectivity index (χ0) is 15.2. The van der Waals surface area contributed by atoms with Crippen molar-refractivity contribution >= 4 is 11.6 Å². The van der Waals surface area contributed by atoms with Crippen LogP contribution in [0, 0.1) is 0 Å². The highest BCUT2D eigenvalue weighted by atomic mass is 35.5. The molecular formula is C16H19ClN2O2. The summed E-state index contributed by atoms with van der Waals surface area (Å²) in [6.07, 6.45) is 1.93. The summed E-state index contributed by atoms with van der Waals surface area (Å²) < 4.78 is 6.66. The van der Waals surface area contributed by atoms with E-state index in [9.17, 15) is 4.79 Å². The summed E-state index contributed by atoms with van der Waals surface area (Å²) in [4.78, 5) is 12.2. The number of benzene rings is 1. The van der Waals surface area contributed by atoms with Crippen LogP contribution in [-0.4, -0.2) is 16.9 Å². The molecule has 0 amide bonds. The van der Waals surface area contributed by atoms with Crippen molar-refractivity contribution in [3.63, 3.8) is 0 Å². The molecule has 112 valence electrons. The Bertz CT molecular complexity index is 650. The van der Waals surface area contributed by atoms with E-state index in [4.69, 9.17) is 16.3 Å². The molecule has 0 bridgehead atoms. The van der Waals surface area contributed by atoms with Crippen molar-refractivity contribution in [3.05, 3.63) is 46.2 Å². The molecule has 2 aromatic rings. The second-order valence-corrected chi connectivity index (χ2v) is 5.07. The van der Waals surface area contributed by atoms with Crippen molar-refractivity contribution in [2.45, 2.75) is 32.2 Å². The van der Waals surface area contributed by atoms with Gasteiger partial charge in [0.2, 0.25) is 0 Å². The molecule has 0 unspecified atom stereocenters. The summed E-state index contributed by atoms with van der Waals surface area (Å²) in [5.41, 5.74) is 2.17. The second kappa shape index (κ2) is 7.27. The van der Waals surface area contributed by atoms with Gasteiger partial charge in [0, 0.05) is 17.7 Å². The molecule has 2 rings (SSSR count). The Morgan fingerprint density at radius 2 is 2.00 bits per heavy atom. The van der Waals surface area contributed by atoms with E-state index in [-0.39, 0.29) is 11.4 Å². The molecule has 1 heterocycles. The number of methoxy groups -OCH3 is 1. The third kappa shape index (κ3) is 3.64. The SMILES string of the molecule is CCCCn1nc(-c2ccc(OC)cc2)cc(CCl)c1=O. The maximum Gasteiger partial charge on any atom is 0.271 e. The molecule has 5 heteroatoms. The number of ether oxygens (including phenoxy) is 1. The first-order valence-corrected chi connectivity index (χ1v) is 7.54. The van der Waals surface area contributed by atoms with E-state index in [2.05, 4.69) is 12.0 Å². The quantitative estimate of drug-likeness (QED) is 0.768.